The van der Waals surface area contributed by atoms with Crippen molar-refractivity contribution < 1.29 is 4.79 Å². The second-order valence-corrected chi connectivity index (χ2v) is 4.89. The van der Waals surface area contributed by atoms with Crippen LogP contribution in [0.3, 0.4) is 0 Å². The van der Waals surface area contributed by atoms with Crippen LogP contribution in [0.5, 0.6) is 0 Å². The number of carbonyl (C=O) groups excluding carboxylic acids is 1. The first kappa shape index (κ1) is 14.4. The van der Waals surface area contributed by atoms with Crippen LogP contribution in [0.25, 0.3) is 0 Å². The Balaban J connectivity index is 2.38. The predicted molar refractivity (Wildman–Crippen MR) is 75.9 cm³/mol. The van der Waals surface area contributed by atoms with Crippen LogP contribution in [0.1, 0.15) is 22.0 Å². The molecule has 0 fully saturated rings. The van der Waals surface area contributed by atoms with E-state index in [4.69, 9.17) is 5.84 Å². The smallest absolute Gasteiger partial charge is 0.283 e. The van der Waals surface area contributed by atoms with Crippen LogP contribution in [-0.2, 0) is 6.54 Å². The summed E-state index contributed by atoms with van der Waals surface area (Å²) in [6.45, 7) is 1.95. The van der Waals surface area contributed by atoms with Gasteiger partial charge in [0.1, 0.15) is 16.0 Å². The minimum Gasteiger partial charge on any atom is -0.290 e. The zero-order chi connectivity index (χ0) is 14.7. The zero-order valence-electron chi connectivity index (χ0n) is 10.6. The molecule has 8 heteroatoms. The number of aryl methyl sites for hydroxylation is 1. The van der Waals surface area contributed by atoms with Gasteiger partial charge >= 0.3 is 0 Å². The van der Waals surface area contributed by atoms with E-state index in [1.54, 1.807) is 25.1 Å². The van der Waals surface area contributed by atoms with Crippen molar-refractivity contribution in [2.24, 2.45) is 5.84 Å². The molecule has 0 aliphatic carbocycles. The second-order valence-electron chi connectivity index (χ2n) is 4.03. The summed E-state index contributed by atoms with van der Waals surface area (Å²) < 4.78 is 1.84. The number of aromatic nitrogens is 3. The van der Waals surface area contributed by atoms with Gasteiger partial charge in [0.15, 0.2) is 0 Å². The molecule has 0 saturated heterocycles. The van der Waals surface area contributed by atoms with Crippen molar-refractivity contribution >= 4 is 21.8 Å². The Bertz CT molecular complexity index is 713. The second kappa shape index (κ2) is 5.93. The highest BCUT2D eigenvalue weighted by Gasteiger charge is 2.09. The van der Waals surface area contributed by atoms with Gasteiger partial charge in [0, 0.05) is 6.20 Å². The van der Waals surface area contributed by atoms with Gasteiger partial charge in [-0.25, -0.2) is 15.8 Å². The zero-order valence-corrected chi connectivity index (χ0v) is 12.2. The van der Waals surface area contributed by atoms with Crippen molar-refractivity contribution in [1.29, 1.82) is 0 Å². The normalized spacial score (nSPS) is 10.3. The van der Waals surface area contributed by atoms with E-state index in [0.717, 1.165) is 0 Å². The minimum absolute atomic E-state index is 0.193. The highest BCUT2D eigenvalue weighted by atomic mass is 79.9. The Morgan fingerprint density at radius 3 is 2.95 bits per heavy atom. The molecule has 2 aromatic heterocycles. The fourth-order valence-corrected chi connectivity index (χ4v) is 1.98. The largest absolute Gasteiger partial charge is 0.290 e. The molecule has 1 amide bonds. The summed E-state index contributed by atoms with van der Waals surface area (Å²) in [5.41, 5.74) is 2.57. The Morgan fingerprint density at radius 1 is 1.50 bits per heavy atom. The van der Waals surface area contributed by atoms with E-state index >= 15 is 0 Å². The summed E-state index contributed by atoms with van der Waals surface area (Å²) in [5.74, 6) is 5.14. The van der Waals surface area contributed by atoms with Gasteiger partial charge in [-0.15, -0.1) is 0 Å². The molecule has 2 heterocycles. The Morgan fingerprint density at radius 2 is 2.25 bits per heavy atom. The Hall–Kier alpha value is -2.06. The molecule has 2 rings (SSSR count). The molecular formula is C12H12BrN5O2. The van der Waals surface area contributed by atoms with E-state index in [1.165, 1.54) is 10.8 Å². The third-order valence-electron chi connectivity index (χ3n) is 2.70. The third kappa shape index (κ3) is 2.91. The van der Waals surface area contributed by atoms with Crippen molar-refractivity contribution in [2.45, 2.75) is 13.5 Å². The van der Waals surface area contributed by atoms with Crippen LogP contribution < -0.4 is 16.8 Å². The van der Waals surface area contributed by atoms with Crippen LogP contribution in [0.15, 0.2) is 33.7 Å². The van der Waals surface area contributed by atoms with Crippen LogP contribution in [0.4, 0.5) is 0 Å². The maximum absolute atomic E-state index is 12.0. The van der Waals surface area contributed by atoms with Crippen molar-refractivity contribution in [3.05, 3.63) is 56.4 Å². The molecule has 0 aromatic carbocycles. The number of nitrogens with one attached hydrogen (secondary N) is 1. The first-order chi connectivity index (χ1) is 9.52. The summed E-state index contributed by atoms with van der Waals surface area (Å²) in [6, 6.07) is 4.94. The SMILES string of the molecule is Cc1ncc(Br)c(=O)n1Cc1cccc(C(=O)NN)n1. The third-order valence-corrected chi connectivity index (χ3v) is 3.24. The van der Waals surface area contributed by atoms with Crippen molar-refractivity contribution in [1.82, 2.24) is 20.0 Å². The highest BCUT2D eigenvalue weighted by molar-refractivity contribution is 9.10. The number of hydrogen-bond acceptors (Lipinski definition) is 5. The van der Waals surface area contributed by atoms with Crippen molar-refractivity contribution in [2.75, 3.05) is 0 Å². The molecule has 0 spiro atoms. The topological polar surface area (TPSA) is 103 Å². The van der Waals surface area contributed by atoms with Crippen LogP contribution in [-0.4, -0.2) is 20.4 Å². The molecule has 7 nitrogen and oxygen atoms in total. The predicted octanol–water partition coefficient (Wildman–Crippen LogP) is 0.361. The van der Waals surface area contributed by atoms with Gasteiger partial charge in [-0.05, 0) is 35.0 Å². The number of pyridine rings is 1. The summed E-state index contributed by atoms with van der Waals surface area (Å²) in [5, 5.41) is 0. The molecule has 2 aromatic rings. The summed E-state index contributed by atoms with van der Waals surface area (Å²) in [4.78, 5) is 31.7. The quantitative estimate of drug-likeness (QED) is 0.478. The maximum Gasteiger partial charge on any atom is 0.283 e. The van der Waals surface area contributed by atoms with Crippen molar-refractivity contribution in [3.8, 4) is 0 Å². The first-order valence-corrected chi connectivity index (χ1v) is 6.51. The molecule has 0 unspecified atom stereocenters. The van der Waals surface area contributed by atoms with Crippen molar-refractivity contribution in [3.63, 3.8) is 0 Å². The van der Waals surface area contributed by atoms with Gasteiger partial charge in [0.25, 0.3) is 11.5 Å². The molecule has 0 atom stereocenters. The number of halogens is 1. The highest BCUT2D eigenvalue weighted by Crippen LogP contribution is 2.05. The summed E-state index contributed by atoms with van der Waals surface area (Å²) >= 11 is 3.15. The molecule has 3 N–H and O–H groups in total. The lowest BCUT2D eigenvalue weighted by Crippen LogP contribution is -2.31. The maximum atomic E-state index is 12.0. The standard InChI is InChI=1S/C12H12BrN5O2/c1-7-15-5-9(13)12(20)18(7)6-8-3-2-4-10(16-8)11(19)17-14/h2-5H,6,14H2,1H3,(H,17,19). The van der Waals surface area contributed by atoms with Gasteiger partial charge in [-0.2, -0.15) is 0 Å². The van der Waals surface area contributed by atoms with Gasteiger partial charge in [-0.3, -0.25) is 19.6 Å². The van der Waals surface area contributed by atoms with Crippen LogP contribution in [0.2, 0.25) is 0 Å². The van der Waals surface area contributed by atoms with E-state index in [1.807, 2.05) is 5.43 Å². The number of nitrogens with zero attached hydrogens (tertiary/aromatic N) is 3. The van der Waals surface area contributed by atoms with E-state index in [0.29, 0.717) is 16.0 Å². The number of rotatable bonds is 3. The lowest BCUT2D eigenvalue weighted by atomic mass is 10.3. The number of nitrogen functional groups attached to an aromatic ring is 1. The van der Waals surface area contributed by atoms with Gasteiger partial charge in [0.2, 0.25) is 0 Å². The lowest BCUT2D eigenvalue weighted by Gasteiger charge is -2.09. The number of carbonyl (C=O) groups is 1. The van der Waals surface area contributed by atoms with E-state index < -0.39 is 5.91 Å². The number of nitrogens with two attached hydrogens (primary N) is 1. The van der Waals surface area contributed by atoms with E-state index in [2.05, 4.69) is 25.9 Å². The average molecular weight is 338 g/mol. The number of hydrazine groups is 1. The molecule has 0 saturated carbocycles. The molecule has 104 valence electrons. The monoisotopic (exact) mass is 337 g/mol. The first-order valence-electron chi connectivity index (χ1n) is 5.71. The molecule has 0 aliphatic rings. The fourth-order valence-electron chi connectivity index (χ4n) is 1.67. The molecule has 20 heavy (non-hydrogen) atoms. The lowest BCUT2D eigenvalue weighted by molar-refractivity contribution is 0.0948. The number of amides is 1. The van der Waals surface area contributed by atoms with E-state index in [-0.39, 0.29) is 17.8 Å². The Labute approximate surface area is 123 Å². The molecule has 0 bridgehead atoms. The summed E-state index contributed by atoms with van der Waals surface area (Å²) in [6.07, 6.45) is 1.46. The van der Waals surface area contributed by atoms with Gasteiger partial charge in [-0.1, -0.05) is 6.07 Å². The van der Waals surface area contributed by atoms with Gasteiger partial charge < -0.3 is 0 Å². The van der Waals surface area contributed by atoms with Crippen LogP contribution >= 0.6 is 15.9 Å². The van der Waals surface area contributed by atoms with E-state index in [9.17, 15) is 9.59 Å². The van der Waals surface area contributed by atoms with Gasteiger partial charge in [0.05, 0.1) is 12.2 Å². The minimum atomic E-state index is -0.483. The molecule has 0 aliphatic heterocycles. The summed E-state index contributed by atoms with van der Waals surface area (Å²) in [7, 11) is 0. The number of hydrogen-bond donors (Lipinski definition) is 2. The fraction of sp³-hybridized carbons (Fsp3) is 0.167. The average Bonchev–Trinajstić information content (AvgIpc) is 2.47. The molecule has 0 radical (unpaired) electrons. The Kier molecular flexibility index (Phi) is 4.26. The molecular weight excluding hydrogens is 326 g/mol. The van der Waals surface area contributed by atoms with Crippen LogP contribution in [0, 0.1) is 6.92 Å².